The van der Waals surface area contributed by atoms with Gasteiger partial charge in [0.25, 0.3) is 0 Å². The first-order chi connectivity index (χ1) is 9.65. The van der Waals surface area contributed by atoms with Crippen LogP contribution >= 0.6 is 27.5 Å². The number of pyridine rings is 1. The van der Waals surface area contributed by atoms with Gasteiger partial charge in [-0.25, -0.2) is 0 Å². The first-order valence-corrected chi connectivity index (χ1v) is 7.17. The van der Waals surface area contributed by atoms with Gasteiger partial charge in [0.1, 0.15) is 0 Å². The summed E-state index contributed by atoms with van der Waals surface area (Å²) in [6.45, 7) is 0. The number of rotatable bonds is 2. The monoisotopic (exact) mass is 347 g/mol. The van der Waals surface area contributed by atoms with Crippen molar-refractivity contribution in [2.45, 2.75) is 0 Å². The number of fused-ring (bicyclic) bond motifs is 1. The second kappa shape index (κ2) is 5.31. The van der Waals surface area contributed by atoms with Gasteiger partial charge in [0.2, 0.25) is 0 Å². The van der Waals surface area contributed by atoms with Crippen molar-refractivity contribution in [3.8, 4) is 0 Å². The molecule has 0 aliphatic rings. The summed E-state index contributed by atoms with van der Waals surface area (Å²) in [5.41, 5.74) is 9.26. The summed E-state index contributed by atoms with van der Waals surface area (Å²) in [6.07, 6.45) is 1.74. The van der Waals surface area contributed by atoms with E-state index < -0.39 is 0 Å². The van der Waals surface area contributed by atoms with Crippen LogP contribution in [0.2, 0.25) is 5.02 Å². The molecule has 5 heteroatoms. The molecule has 20 heavy (non-hydrogen) atoms. The zero-order valence-electron chi connectivity index (χ0n) is 10.4. The molecular weight excluding hydrogens is 338 g/mol. The number of nitrogens with one attached hydrogen (secondary N) is 1. The zero-order valence-corrected chi connectivity index (χ0v) is 12.7. The average Bonchev–Trinajstić information content (AvgIpc) is 2.46. The molecule has 100 valence electrons. The second-order valence-electron chi connectivity index (χ2n) is 4.36. The van der Waals surface area contributed by atoms with Crippen LogP contribution in [0.3, 0.4) is 0 Å². The highest BCUT2D eigenvalue weighted by Gasteiger charge is 2.06. The Labute approximate surface area is 129 Å². The molecule has 0 aliphatic heterocycles. The SMILES string of the molecule is Nc1ccc(Nc2ccc(Br)c(Cl)c2)c2cccnc12. The summed E-state index contributed by atoms with van der Waals surface area (Å²) >= 11 is 9.48. The number of anilines is 3. The van der Waals surface area contributed by atoms with Crippen LogP contribution < -0.4 is 11.1 Å². The van der Waals surface area contributed by atoms with Gasteiger partial charge in [0.05, 0.1) is 16.2 Å². The van der Waals surface area contributed by atoms with Crippen molar-refractivity contribution in [1.82, 2.24) is 4.98 Å². The minimum atomic E-state index is 0.660. The maximum absolute atomic E-state index is 6.10. The van der Waals surface area contributed by atoms with E-state index in [0.717, 1.165) is 26.8 Å². The molecular formula is C15H11BrClN3. The highest BCUT2D eigenvalue weighted by molar-refractivity contribution is 9.10. The summed E-state index contributed by atoms with van der Waals surface area (Å²) in [5.74, 6) is 0. The summed E-state index contributed by atoms with van der Waals surface area (Å²) in [7, 11) is 0. The Kier molecular flexibility index (Phi) is 3.51. The molecule has 3 nitrogen and oxygen atoms in total. The molecule has 2 aromatic carbocycles. The lowest BCUT2D eigenvalue weighted by molar-refractivity contribution is 1.41. The normalized spacial score (nSPS) is 10.7. The smallest absolute Gasteiger partial charge is 0.0951 e. The predicted molar refractivity (Wildman–Crippen MR) is 88.6 cm³/mol. The number of aromatic nitrogens is 1. The molecule has 0 bridgehead atoms. The van der Waals surface area contributed by atoms with Crippen molar-refractivity contribution in [2.24, 2.45) is 0 Å². The van der Waals surface area contributed by atoms with Crippen molar-refractivity contribution >= 4 is 55.5 Å². The van der Waals surface area contributed by atoms with Gasteiger partial charge in [0.15, 0.2) is 0 Å². The summed E-state index contributed by atoms with van der Waals surface area (Å²) < 4.78 is 0.869. The lowest BCUT2D eigenvalue weighted by Crippen LogP contribution is -1.95. The van der Waals surface area contributed by atoms with Crippen LogP contribution in [0, 0.1) is 0 Å². The van der Waals surface area contributed by atoms with Crippen LogP contribution in [0.5, 0.6) is 0 Å². The van der Waals surface area contributed by atoms with Crippen LogP contribution in [-0.2, 0) is 0 Å². The largest absolute Gasteiger partial charge is 0.397 e. The van der Waals surface area contributed by atoms with Gasteiger partial charge in [-0.05, 0) is 58.4 Å². The number of halogens is 2. The number of hydrogen-bond acceptors (Lipinski definition) is 3. The highest BCUT2D eigenvalue weighted by atomic mass is 79.9. The number of hydrogen-bond donors (Lipinski definition) is 2. The van der Waals surface area contributed by atoms with Crippen molar-refractivity contribution < 1.29 is 0 Å². The summed E-state index contributed by atoms with van der Waals surface area (Å²) in [4.78, 5) is 4.32. The third-order valence-electron chi connectivity index (χ3n) is 3.00. The molecule has 0 unspecified atom stereocenters. The van der Waals surface area contributed by atoms with E-state index >= 15 is 0 Å². The van der Waals surface area contributed by atoms with Crippen molar-refractivity contribution in [2.75, 3.05) is 11.1 Å². The van der Waals surface area contributed by atoms with Gasteiger partial charge in [-0.1, -0.05) is 11.6 Å². The maximum Gasteiger partial charge on any atom is 0.0951 e. The van der Waals surface area contributed by atoms with E-state index in [2.05, 4.69) is 26.2 Å². The van der Waals surface area contributed by atoms with Gasteiger partial charge in [0, 0.05) is 27.4 Å². The molecule has 0 aliphatic carbocycles. The maximum atomic E-state index is 6.10. The van der Waals surface area contributed by atoms with E-state index in [0.29, 0.717) is 10.7 Å². The zero-order chi connectivity index (χ0) is 14.1. The summed E-state index contributed by atoms with van der Waals surface area (Å²) in [5, 5.41) is 4.98. The fourth-order valence-electron chi connectivity index (χ4n) is 2.03. The molecule has 3 rings (SSSR count). The van der Waals surface area contributed by atoms with Gasteiger partial charge in [-0.3, -0.25) is 4.98 Å². The fraction of sp³-hybridized carbons (Fsp3) is 0. The quantitative estimate of drug-likeness (QED) is 0.642. The standard InChI is InChI=1S/C15H11BrClN3/c16-11-4-3-9(8-12(11)17)20-14-6-5-13(18)15-10(14)2-1-7-19-15/h1-8,20H,18H2. The van der Waals surface area contributed by atoms with Crippen LogP contribution in [0.25, 0.3) is 10.9 Å². The van der Waals surface area contributed by atoms with Crippen molar-refractivity contribution in [3.63, 3.8) is 0 Å². The topological polar surface area (TPSA) is 50.9 Å². The Morgan fingerprint density at radius 3 is 2.80 bits per heavy atom. The minimum absolute atomic E-state index is 0.660. The Balaban J connectivity index is 2.06. The minimum Gasteiger partial charge on any atom is -0.397 e. The Morgan fingerprint density at radius 1 is 1.15 bits per heavy atom. The lowest BCUT2D eigenvalue weighted by atomic mass is 10.1. The lowest BCUT2D eigenvalue weighted by Gasteiger charge is -2.11. The van der Waals surface area contributed by atoms with Gasteiger partial charge >= 0.3 is 0 Å². The molecule has 0 amide bonds. The van der Waals surface area contributed by atoms with Crippen molar-refractivity contribution in [1.29, 1.82) is 0 Å². The number of benzene rings is 2. The van der Waals surface area contributed by atoms with Crippen LogP contribution in [0.15, 0.2) is 53.1 Å². The molecule has 0 spiro atoms. The molecule has 0 radical (unpaired) electrons. The van der Waals surface area contributed by atoms with E-state index in [1.165, 1.54) is 0 Å². The van der Waals surface area contributed by atoms with Gasteiger partial charge in [-0.2, -0.15) is 0 Å². The third-order valence-corrected chi connectivity index (χ3v) is 4.23. The number of nitrogens with two attached hydrogens (primary N) is 1. The second-order valence-corrected chi connectivity index (χ2v) is 5.62. The third kappa shape index (κ3) is 2.44. The van der Waals surface area contributed by atoms with Crippen molar-refractivity contribution in [3.05, 3.63) is 58.2 Å². The van der Waals surface area contributed by atoms with Crippen LogP contribution in [0.1, 0.15) is 0 Å². The van der Waals surface area contributed by atoms with Crippen LogP contribution in [-0.4, -0.2) is 4.98 Å². The molecule has 0 atom stereocenters. The van der Waals surface area contributed by atoms with E-state index in [-0.39, 0.29) is 0 Å². The molecule has 0 saturated heterocycles. The number of nitrogens with zero attached hydrogens (tertiary/aromatic N) is 1. The molecule has 3 aromatic rings. The first-order valence-electron chi connectivity index (χ1n) is 6.00. The van der Waals surface area contributed by atoms with Gasteiger partial charge < -0.3 is 11.1 Å². The Bertz CT molecular complexity index is 789. The van der Waals surface area contributed by atoms with E-state index in [4.69, 9.17) is 17.3 Å². The van der Waals surface area contributed by atoms with Crippen LogP contribution in [0.4, 0.5) is 17.1 Å². The number of nitrogen functional groups attached to an aromatic ring is 1. The highest BCUT2D eigenvalue weighted by Crippen LogP contribution is 2.31. The van der Waals surface area contributed by atoms with E-state index in [9.17, 15) is 0 Å². The first kappa shape index (κ1) is 13.2. The summed E-state index contributed by atoms with van der Waals surface area (Å²) in [6, 6.07) is 13.4. The molecule has 0 saturated carbocycles. The molecule has 3 N–H and O–H groups in total. The Morgan fingerprint density at radius 2 is 2.00 bits per heavy atom. The Hall–Kier alpha value is -1.78. The molecule has 1 heterocycles. The molecule has 0 fully saturated rings. The average molecular weight is 349 g/mol. The molecule has 1 aromatic heterocycles. The van der Waals surface area contributed by atoms with Gasteiger partial charge in [-0.15, -0.1) is 0 Å². The van der Waals surface area contributed by atoms with E-state index in [1.54, 1.807) is 6.20 Å². The van der Waals surface area contributed by atoms with E-state index in [1.807, 2.05) is 42.5 Å². The fourth-order valence-corrected chi connectivity index (χ4v) is 2.46. The predicted octanol–water partition coefficient (Wildman–Crippen LogP) is 4.98.